The maximum atomic E-state index is 13.2. The molecule has 1 amide bonds. The highest BCUT2D eigenvalue weighted by molar-refractivity contribution is 5.94. The van der Waals surface area contributed by atoms with E-state index < -0.39 is 0 Å². The van der Waals surface area contributed by atoms with E-state index in [4.69, 9.17) is 0 Å². The lowest BCUT2D eigenvalue weighted by molar-refractivity contribution is 0.0925. The van der Waals surface area contributed by atoms with Crippen LogP contribution in [-0.4, -0.2) is 15.7 Å². The second kappa shape index (κ2) is 7.95. The van der Waals surface area contributed by atoms with Crippen molar-refractivity contribution < 1.29 is 9.18 Å². The number of nitrogens with zero attached hydrogens (tertiary/aromatic N) is 2. The van der Waals surface area contributed by atoms with Gasteiger partial charge in [-0.2, -0.15) is 5.10 Å². The molecule has 0 aliphatic carbocycles. The molecule has 0 spiro atoms. The Morgan fingerprint density at radius 1 is 1.12 bits per heavy atom. The van der Waals surface area contributed by atoms with E-state index >= 15 is 0 Å². The fraction of sp³-hybridized carbons (Fsp3) is 0.238. The molecule has 3 rings (SSSR count). The summed E-state index contributed by atoms with van der Waals surface area (Å²) in [5.74, 6) is -0.305. The largest absolute Gasteiger partial charge is 0.345 e. The average molecular weight is 351 g/mol. The zero-order chi connectivity index (χ0) is 18.5. The Hall–Kier alpha value is -2.95. The second-order valence-electron chi connectivity index (χ2n) is 6.66. The Morgan fingerprint density at radius 2 is 1.81 bits per heavy atom. The minimum absolute atomic E-state index is 0.170. The summed E-state index contributed by atoms with van der Waals surface area (Å²) >= 11 is 0. The summed E-state index contributed by atoms with van der Waals surface area (Å²) in [6, 6.07) is 16.0. The summed E-state index contributed by atoms with van der Waals surface area (Å²) in [6.45, 7) is 4.65. The summed E-state index contributed by atoms with van der Waals surface area (Å²) < 4.78 is 14.9. The molecular weight excluding hydrogens is 329 g/mol. The summed E-state index contributed by atoms with van der Waals surface area (Å²) in [4.78, 5) is 12.6. The average Bonchev–Trinajstić information content (AvgIpc) is 3.10. The molecule has 134 valence electrons. The van der Waals surface area contributed by atoms with Gasteiger partial charge in [0.2, 0.25) is 0 Å². The fourth-order valence-corrected chi connectivity index (χ4v) is 2.87. The highest BCUT2D eigenvalue weighted by atomic mass is 19.1. The molecule has 2 aromatic carbocycles. The zero-order valence-electron chi connectivity index (χ0n) is 14.9. The Bertz CT molecular complexity index is 856. The van der Waals surface area contributed by atoms with Crippen LogP contribution in [-0.2, 0) is 6.54 Å². The molecule has 5 heteroatoms. The fourth-order valence-electron chi connectivity index (χ4n) is 2.87. The lowest BCUT2D eigenvalue weighted by Gasteiger charge is -2.22. The van der Waals surface area contributed by atoms with Crippen molar-refractivity contribution in [2.45, 2.75) is 26.4 Å². The van der Waals surface area contributed by atoms with E-state index in [0.717, 1.165) is 11.1 Å². The van der Waals surface area contributed by atoms with Crippen LogP contribution in [0.5, 0.6) is 0 Å². The number of benzene rings is 2. The smallest absolute Gasteiger partial charge is 0.254 e. The molecule has 0 unspecified atom stereocenters. The van der Waals surface area contributed by atoms with Crippen molar-refractivity contribution in [1.82, 2.24) is 15.1 Å². The van der Waals surface area contributed by atoms with E-state index in [-0.39, 0.29) is 23.7 Å². The van der Waals surface area contributed by atoms with Gasteiger partial charge in [0, 0.05) is 6.20 Å². The molecule has 1 N–H and O–H groups in total. The lowest BCUT2D eigenvalue weighted by atomic mass is 9.96. The molecule has 4 nitrogen and oxygen atoms in total. The number of aromatic nitrogens is 2. The standard InChI is InChI=1S/C21H22FN3O/c1-15(2)20(17-8-10-19(22)11-9-17)24-21(26)18-12-23-25(14-18)13-16-6-4-3-5-7-16/h3-12,14-15,20H,13H2,1-2H3,(H,24,26)/t20-/m1/s1. The first-order valence-corrected chi connectivity index (χ1v) is 8.65. The van der Waals surface area contributed by atoms with E-state index in [0.29, 0.717) is 12.1 Å². The number of rotatable bonds is 6. The van der Waals surface area contributed by atoms with Crippen molar-refractivity contribution in [3.63, 3.8) is 0 Å². The van der Waals surface area contributed by atoms with Crippen molar-refractivity contribution >= 4 is 5.91 Å². The third-order valence-electron chi connectivity index (χ3n) is 4.27. The van der Waals surface area contributed by atoms with Crippen molar-refractivity contribution in [3.8, 4) is 0 Å². The Morgan fingerprint density at radius 3 is 2.46 bits per heavy atom. The topological polar surface area (TPSA) is 46.9 Å². The van der Waals surface area contributed by atoms with Gasteiger partial charge in [-0.05, 0) is 29.2 Å². The molecule has 1 atom stereocenters. The minimum Gasteiger partial charge on any atom is -0.345 e. The molecular formula is C21H22FN3O. The van der Waals surface area contributed by atoms with Gasteiger partial charge in [0.1, 0.15) is 5.82 Å². The quantitative estimate of drug-likeness (QED) is 0.723. The first-order valence-electron chi connectivity index (χ1n) is 8.65. The summed E-state index contributed by atoms with van der Waals surface area (Å²) in [6.07, 6.45) is 3.31. The van der Waals surface area contributed by atoms with Crippen LogP contribution in [0.1, 0.15) is 41.4 Å². The third-order valence-corrected chi connectivity index (χ3v) is 4.27. The van der Waals surface area contributed by atoms with Crippen molar-refractivity contribution in [2.24, 2.45) is 5.92 Å². The molecule has 3 aromatic rings. The van der Waals surface area contributed by atoms with Crippen LogP contribution in [0, 0.1) is 11.7 Å². The van der Waals surface area contributed by atoms with Gasteiger partial charge in [-0.1, -0.05) is 56.3 Å². The minimum atomic E-state index is -0.287. The number of hydrogen-bond acceptors (Lipinski definition) is 2. The molecule has 0 aliphatic heterocycles. The van der Waals surface area contributed by atoms with E-state index in [9.17, 15) is 9.18 Å². The van der Waals surface area contributed by atoms with Gasteiger partial charge in [0.15, 0.2) is 0 Å². The van der Waals surface area contributed by atoms with Crippen LogP contribution in [0.2, 0.25) is 0 Å². The molecule has 26 heavy (non-hydrogen) atoms. The normalized spacial score (nSPS) is 12.2. The second-order valence-corrected chi connectivity index (χ2v) is 6.66. The summed E-state index contributed by atoms with van der Waals surface area (Å²) in [5, 5.41) is 7.31. The number of carbonyl (C=O) groups is 1. The van der Waals surface area contributed by atoms with Crippen LogP contribution in [0.25, 0.3) is 0 Å². The lowest BCUT2D eigenvalue weighted by Crippen LogP contribution is -2.31. The molecule has 0 saturated heterocycles. The number of hydrogen-bond donors (Lipinski definition) is 1. The van der Waals surface area contributed by atoms with Crippen LogP contribution in [0.15, 0.2) is 67.0 Å². The molecule has 0 fully saturated rings. The van der Waals surface area contributed by atoms with Crippen LogP contribution in [0.3, 0.4) is 0 Å². The van der Waals surface area contributed by atoms with E-state index in [1.54, 1.807) is 29.2 Å². The zero-order valence-corrected chi connectivity index (χ0v) is 14.9. The van der Waals surface area contributed by atoms with Gasteiger partial charge in [0.05, 0.1) is 24.3 Å². The van der Waals surface area contributed by atoms with Crippen molar-refractivity contribution in [2.75, 3.05) is 0 Å². The van der Waals surface area contributed by atoms with E-state index in [1.807, 2.05) is 44.2 Å². The van der Waals surface area contributed by atoms with Gasteiger partial charge in [0.25, 0.3) is 5.91 Å². The first-order chi connectivity index (χ1) is 12.5. The Labute approximate surface area is 152 Å². The molecule has 1 heterocycles. The van der Waals surface area contributed by atoms with Gasteiger partial charge >= 0.3 is 0 Å². The van der Waals surface area contributed by atoms with Gasteiger partial charge < -0.3 is 5.32 Å². The number of amides is 1. The summed E-state index contributed by atoms with van der Waals surface area (Å²) in [7, 11) is 0. The van der Waals surface area contributed by atoms with Crippen molar-refractivity contribution in [3.05, 3.63) is 89.5 Å². The van der Waals surface area contributed by atoms with Crippen molar-refractivity contribution in [1.29, 1.82) is 0 Å². The van der Waals surface area contributed by atoms with Gasteiger partial charge in [-0.15, -0.1) is 0 Å². The number of halogens is 1. The van der Waals surface area contributed by atoms with Gasteiger partial charge in [-0.3, -0.25) is 9.48 Å². The predicted molar refractivity (Wildman–Crippen MR) is 99.2 cm³/mol. The SMILES string of the molecule is CC(C)[C@@H](NC(=O)c1cnn(Cc2ccccc2)c1)c1ccc(F)cc1. The first kappa shape index (κ1) is 17.9. The molecule has 0 saturated carbocycles. The third kappa shape index (κ3) is 4.36. The highest BCUT2D eigenvalue weighted by Crippen LogP contribution is 2.22. The maximum Gasteiger partial charge on any atom is 0.254 e. The van der Waals surface area contributed by atoms with E-state index in [2.05, 4.69) is 10.4 Å². The van der Waals surface area contributed by atoms with Crippen LogP contribution >= 0.6 is 0 Å². The maximum absolute atomic E-state index is 13.2. The van der Waals surface area contributed by atoms with Crippen LogP contribution in [0.4, 0.5) is 4.39 Å². The molecule has 0 radical (unpaired) electrons. The number of carbonyl (C=O) groups excluding carboxylic acids is 1. The number of nitrogens with one attached hydrogen (secondary N) is 1. The highest BCUT2D eigenvalue weighted by Gasteiger charge is 2.20. The predicted octanol–water partition coefficient (Wildman–Crippen LogP) is 4.20. The van der Waals surface area contributed by atoms with E-state index in [1.165, 1.54) is 12.1 Å². The molecule has 1 aromatic heterocycles. The Balaban J connectivity index is 1.71. The van der Waals surface area contributed by atoms with Gasteiger partial charge in [-0.25, -0.2) is 4.39 Å². The molecule has 0 bridgehead atoms. The van der Waals surface area contributed by atoms with Crippen LogP contribution < -0.4 is 5.32 Å². The monoisotopic (exact) mass is 351 g/mol. The molecule has 0 aliphatic rings. The summed E-state index contributed by atoms with van der Waals surface area (Å²) in [5.41, 5.74) is 2.51. The Kier molecular flexibility index (Phi) is 5.46.